The van der Waals surface area contributed by atoms with Gasteiger partial charge in [0.1, 0.15) is 11.9 Å². The molecule has 0 amide bonds. The molecule has 0 saturated heterocycles. The Bertz CT molecular complexity index is 436. The first-order valence-electron chi connectivity index (χ1n) is 5.83. The number of aliphatic hydroxyl groups is 1. The molecule has 1 aliphatic rings. The number of ketones is 1. The fourth-order valence-electron chi connectivity index (χ4n) is 1.78. The van der Waals surface area contributed by atoms with Crippen LogP contribution >= 0.6 is 0 Å². The van der Waals surface area contributed by atoms with E-state index < -0.39 is 6.10 Å². The van der Waals surface area contributed by atoms with E-state index in [1.807, 2.05) is 24.3 Å². The van der Waals surface area contributed by atoms with E-state index in [0.29, 0.717) is 13.0 Å². The van der Waals surface area contributed by atoms with Crippen LogP contribution in [0.15, 0.2) is 36.4 Å². The molecule has 0 bridgehead atoms. The van der Waals surface area contributed by atoms with E-state index in [1.54, 1.807) is 13.2 Å². The molecule has 4 nitrogen and oxygen atoms in total. The zero-order valence-corrected chi connectivity index (χ0v) is 10.2. The van der Waals surface area contributed by atoms with Crippen LogP contribution in [0.3, 0.4) is 0 Å². The van der Waals surface area contributed by atoms with E-state index in [1.165, 1.54) is 6.08 Å². The van der Waals surface area contributed by atoms with Crippen LogP contribution in [0.4, 0.5) is 0 Å². The Morgan fingerprint density at radius 1 is 1.33 bits per heavy atom. The van der Waals surface area contributed by atoms with Gasteiger partial charge in [-0.25, -0.2) is 0 Å². The number of ether oxygens (including phenoxy) is 2. The Hall–Kier alpha value is -1.65. The number of aliphatic hydroxyl groups excluding tert-OH is 1. The minimum atomic E-state index is -0.934. The Morgan fingerprint density at radius 2 is 2.06 bits per heavy atom. The molecule has 1 N–H and O–H groups in total. The minimum Gasteiger partial charge on any atom is -0.497 e. The number of rotatable bonds is 4. The zero-order chi connectivity index (χ0) is 13.0. The zero-order valence-electron chi connectivity index (χ0n) is 10.2. The van der Waals surface area contributed by atoms with E-state index in [0.717, 1.165) is 11.3 Å². The number of hydrogen-bond donors (Lipinski definition) is 1. The summed E-state index contributed by atoms with van der Waals surface area (Å²) in [5, 5.41) is 9.42. The van der Waals surface area contributed by atoms with Crippen molar-refractivity contribution in [1.82, 2.24) is 0 Å². The summed E-state index contributed by atoms with van der Waals surface area (Å²) in [6.07, 6.45) is 2.26. The lowest BCUT2D eigenvalue weighted by molar-refractivity contribution is -0.125. The highest BCUT2D eigenvalue weighted by Crippen LogP contribution is 2.16. The molecule has 0 aliphatic heterocycles. The van der Waals surface area contributed by atoms with Gasteiger partial charge >= 0.3 is 0 Å². The summed E-state index contributed by atoms with van der Waals surface area (Å²) in [5.41, 5.74) is 1.02. The third kappa shape index (κ3) is 3.18. The quantitative estimate of drug-likeness (QED) is 0.876. The van der Waals surface area contributed by atoms with Gasteiger partial charge in [-0.2, -0.15) is 0 Å². The molecule has 0 saturated carbocycles. The third-order valence-electron chi connectivity index (χ3n) is 2.88. The molecule has 0 radical (unpaired) electrons. The highest BCUT2D eigenvalue weighted by molar-refractivity contribution is 5.94. The lowest BCUT2D eigenvalue weighted by atomic mass is 10.0. The normalized spacial score (nSPS) is 23.1. The van der Waals surface area contributed by atoms with Crippen LogP contribution < -0.4 is 4.74 Å². The smallest absolute Gasteiger partial charge is 0.183 e. The van der Waals surface area contributed by atoms with Crippen LogP contribution in [0.25, 0.3) is 0 Å². The topological polar surface area (TPSA) is 55.8 Å². The molecule has 0 spiro atoms. The second-order valence-corrected chi connectivity index (χ2v) is 4.21. The van der Waals surface area contributed by atoms with Gasteiger partial charge < -0.3 is 14.6 Å². The van der Waals surface area contributed by atoms with E-state index in [4.69, 9.17) is 9.47 Å². The molecule has 0 unspecified atom stereocenters. The Kier molecular flexibility index (Phi) is 4.12. The van der Waals surface area contributed by atoms with Gasteiger partial charge in [-0.3, -0.25) is 4.79 Å². The molecule has 0 fully saturated rings. The predicted octanol–water partition coefficient (Wildman–Crippen LogP) is 1.47. The largest absolute Gasteiger partial charge is 0.497 e. The van der Waals surface area contributed by atoms with Crippen molar-refractivity contribution in [3.8, 4) is 5.75 Å². The minimum absolute atomic E-state index is 0.209. The van der Waals surface area contributed by atoms with E-state index in [-0.39, 0.29) is 11.9 Å². The van der Waals surface area contributed by atoms with Crippen molar-refractivity contribution < 1.29 is 19.4 Å². The summed E-state index contributed by atoms with van der Waals surface area (Å²) in [7, 11) is 1.62. The number of hydrogen-bond acceptors (Lipinski definition) is 4. The number of carbonyl (C=O) groups is 1. The van der Waals surface area contributed by atoms with E-state index in [9.17, 15) is 9.90 Å². The fraction of sp³-hybridized carbons (Fsp3) is 0.357. The Balaban J connectivity index is 1.87. The van der Waals surface area contributed by atoms with Gasteiger partial charge in [-0.1, -0.05) is 18.2 Å². The van der Waals surface area contributed by atoms with Crippen molar-refractivity contribution in [2.45, 2.75) is 25.2 Å². The van der Waals surface area contributed by atoms with Crippen molar-refractivity contribution in [1.29, 1.82) is 0 Å². The maximum atomic E-state index is 11.1. The molecule has 1 aliphatic carbocycles. The summed E-state index contributed by atoms with van der Waals surface area (Å²) in [5.74, 6) is 0.552. The van der Waals surface area contributed by atoms with Crippen molar-refractivity contribution in [3.05, 3.63) is 42.0 Å². The van der Waals surface area contributed by atoms with Crippen LogP contribution in [-0.2, 0) is 16.1 Å². The molecule has 2 atom stereocenters. The molecule has 2 rings (SSSR count). The summed E-state index contributed by atoms with van der Waals surface area (Å²) >= 11 is 0. The average molecular weight is 248 g/mol. The Morgan fingerprint density at radius 3 is 2.67 bits per heavy atom. The van der Waals surface area contributed by atoms with Crippen LogP contribution in [0.2, 0.25) is 0 Å². The van der Waals surface area contributed by atoms with Gasteiger partial charge in [0.25, 0.3) is 0 Å². The Labute approximate surface area is 106 Å². The molecular weight excluding hydrogens is 232 g/mol. The summed E-state index contributed by atoms with van der Waals surface area (Å²) in [6.45, 7) is 0.444. The second-order valence-electron chi connectivity index (χ2n) is 4.21. The predicted molar refractivity (Wildman–Crippen MR) is 66.3 cm³/mol. The van der Waals surface area contributed by atoms with Gasteiger partial charge in [0.05, 0.1) is 19.8 Å². The molecule has 0 aromatic heterocycles. The fourth-order valence-corrected chi connectivity index (χ4v) is 1.78. The monoisotopic (exact) mass is 248 g/mol. The van der Waals surface area contributed by atoms with Crippen molar-refractivity contribution in [2.75, 3.05) is 7.11 Å². The van der Waals surface area contributed by atoms with Crippen LogP contribution in [-0.4, -0.2) is 30.2 Å². The van der Waals surface area contributed by atoms with Crippen molar-refractivity contribution >= 4 is 5.78 Å². The lowest BCUT2D eigenvalue weighted by Gasteiger charge is -2.20. The van der Waals surface area contributed by atoms with Crippen molar-refractivity contribution in [3.63, 3.8) is 0 Å². The molecule has 0 heterocycles. The first-order valence-corrected chi connectivity index (χ1v) is 5.83. The van der Waals surface area contributed by atoms with Crippen LogP contribution in [0.5, 0.6) is 5.75 Å². The van der Waals surface area contributed by atoms with E-state index in [2.05, 4.69) is 0 Å². The van der Waals surface area contributed by atoms with Gasteiger partial charge in [0, 0.05) is 6.42 Å². The van der Waals surface area contributed by atoms with Gasteiger partial charge in [-0.05, 0) is 23.8 Å². The molecule has 18 heavy (non-hydrogen) atoms. The maximum Gasteiger partial charge on any atom is 0.183 e. The second kappa shape index (κ2) is 5.80. The first kappa shape index (κ1) is 12.8. The average Bonchev–Trinajstić information content (AvgIpc) is 2.41. The SMILES string of the molecule is COc1ccc(CO[C@@H]2C=CC(=O)[C@@H](O)C2)cc1. The van der Waals surface area contributed by atoms with Gasteiger partial charge in [-0.15, -0.1) is 0 Å². The highest BCUT2D eigenvalue weighted by atomic mass is 16.5. The summed E-state index contributed by atoms with van der Waals surface area (Å²) in [4.78, 5) is 11.1. The number of carbonyl (C=O) groups excluding carboxylic acids is 1. The number of benzene rings is 1. The molecule has 1 aromatic carbocycles. The molecule has 1 aromatic rings. The highest BCUT2D eigenvalue weighted by Gasteiger charge is 2.22. The summed E-state index contributed by atoms with van der Waals surface area (Å²) < 4.78 is 10.7. The third-order valence-corrected chi connectivity index (χ3v) is 2.88. The molecular formula is C14H16O4. The standard InChI is InChI=1S/C14H16O4/c1-17-11-4-2-10(3-5-11)9-18-12-6-7-13(15)14(16)8-12/h2-7,12,14,16H,8-9H2,1H3/t12-,14+/m1/s1. The van der Waals surface area contributed by atoms with Crippen LogP contribution in [0, 0.1) is 0 Å². The maximum absolute atomic E-state index is 11.1. The van der Waals surface area contributed by atoms with Gasteiger partial charge in [0.2, 0.25) is 0 Å². The van der Waals surface area contributed by atoms with E-state index >= 15 is 0 Å². The summed E-state index contributed by atoms with van der Waals surface area (Å²) in [6, 6.07) is 7.58. The van der Waals surface area contributed by atoms with Crippen LogP contribution in [0.1, 0.15) is 12.0 Å². The van der Waals surface area contributed by atoms with Crippen molar-refractivity contribution in [2.24, 2.45) is 0 Å². The number of methoxy groups -OCH3 is 1. The lowest BCUT2D eigenvalue weighted by Crippen LogP contribution is -2.29. The molecule has 96 valence electrons. The van der Waals surface area contributed by atoms with Gasteiger partial charge in [0.15, 0.2) is 5.78 Å². The first-order chi connectivity index (χ1) is 8.69. The molecule has 4 heteroatoms.